The van der Waals surface area contributed by atoms with Gasteiger partial charge in [0.25, 0.3) is 5.91 Å². The number of pyridine rings is 1. The van der Waals surface area contributed by atoms with Crippen LogP contribution in [0.25, 0.3) is 0 Å². The number of aromatic nitrogens is 1. The van der Waals surface area contributed by atoms with Crippen LogP contribution in [0.5, 0.6) is 11.6 Å². The number of hydrogen-bond donors (Lipinski definition) is 3. The minimum absolute atomic E-state index is 0.0268. The first-order valence-corrected chi connectivity index (χ1v) is 8.30. The molecule has 1 aromatic heterocycles. The van der Waals surface area contributed by atoms with Crippen LogP contribution < -0.4 is 15.8 Å². The van der Waals surface area contributed by atoms with Gasteiger partial charge in [0.1, 0.15) is 11.5 Å². The summed E-state index contributed by atoms with van der Waals surface area (Å²) in [5.74, 6) is -0.438. The topological polar surface area (TPSA) is 101 Å². The number of rotatable bonds is 6. The summed E-state index contributed by atoms with van der Waals surface area (Å²) >= 11 is 0. The number of nitrogens with two attached hydrogens (primary N) is 1. The number of carbonyl (C=O) groups is 1. The van der Waals surface area contributed by atoms with Crippen molar-refractivity contribution in [1.82, 2.24) is 4.98 Å². The summed E-state index contributed by atoms with van der Waals surface area (Å²) in [6.45, 7) is 0. The molecular weight excluding hydrogens is 385 g/mol. The molecule has 29 heavy (non-hydrogen) atoms. The second-order valence-corrected chi connectivity index (χ2v) is 5.92. The van der Waals surface area contributed by atoms with Gasteiger partial charge in [-0.2, -0.15) is 13.2 Å². The van der Waals surface area contributed by atoms with E-state index in [9.17, 15) is 18.0 Å². The predicted octanol–water partition coefficient (Wildman–Crippen LogP) is 4.49. The summed E-state index contributed by atoms with van der Waals surface area (Å²) in [6, 6.07) is 15.3. The van der Waals surface area contributed by atoms with E-state index < -0.39 is 17.6 Å². The Bertz CT molecular complexity index is 1030. The first-order chi connectivity index (χ1) is 13.7. The Morgan fingerprint density at radius 2 is 1.72 bits per heavy atom. The minimum Gasteiger partial charge on any atom is -0.439 e. The van der Waals surface area contributed by atoms with Crippen molar-refractivity contribution in [2.45, 2.75) is 6.18 Å². The van der Waals surface area contributed by atoms with Crippen LogP contribution in [-0.2, 0) is 11.0 Å². The largest absolute Gasteiger partial charge is 0.439 e. The standard InChI is InChI=1S/C20H15F3N4O2/c21-20(22,23)12-5-10-17(26-11-12)29-14-8-6-13(7-9-14)27-16-4-2-1-3-15(16)18(24)19(25)28/h1-11,24,27H,(H2,25,28). The van der Waals surface area contributed by atoms with Gasteiger partial charge in [-0.25, -0.2) is 4.98 Å². The highest BCUT2D eigenvalue weighted by Crippen LogP contribution is 2.30. The van der Waals surface area contributed by atoms with Crippen molar-refractivity contribution >= 4 is 23.0 Å². The van der Waals surface area contributed by atoms with E-state index in [2.05, 4.69) is 10.3 Å². The first kappa shape index (κ1) is 19.9. The van der Waals surface area contributed by atoms with Gasteiger partial charge in [-0.1, -0.05) is 18.2 Å². The molecule has 0 aliphatic rings. The maximum Gasteiger partial charge on any atom is 0.417 e. The lowest BCUT2D eigenvalue weighted by Gasteiger charge is -2.12. The maximum atomic E-state index is 12.6. The van der Waals surface area contributed by atoms with Crippen LogP contribution >= 0.6 is 0 Å². The number of hydrogen-bond acceptors (Lipinski definition) is 5. The molecule has 0 radical (unpaired) electrons. The van der Waals surface area contributed by atoms with Gasteiger partial charge in [-0.3, -0.25) is 10.2 Å². The molecule has 9 heteroatoms. The van der Waals surface area contributed by atoms with Crippen LogP contribution in [-0.4, -0.2) is 16.6 Å². The second-order valence-electron chi connectivity index (χ2n) is 5.92. The Morgan fingerprint density at radius 1 is 1.03 bits per heavy atom. The number of halogens is 3. The molecule has 0 atom stereocenters. The molecule has 0 aliphatic heterocycles. The van der Waals surface area contributed by atoms with Crippen LogP contribution in [0.4, 0.5) is 24.5 Å². The third-order valence-electron chi connectivity index (χ3n) is 3.86. The molecule has 1 heterocycles. The van der Waals surface area contributed by atoms with E-state index >= 15 is 0 Å². The van der Waals surface area contributed by atoms with Gasteiger partial charge in [0.2, 0.25) is 5.88 Å². The number of nitrogens with zero attached hydrogens (tertiary/aromatic N) is 1. The molecule has 1 amide bonds. The van der Waals surface area contributed by atoms with Crippen LogP contribution in [0.1, 0.15) is 11.1 Å². The van der Waals surface area contributed by atoms with Crippen LogP contribution in [0.3, 0.4) is 0 Å². The highest BCUT2D eigenvalue weighted by Gasteiger charge is 2.30. The zero-order valence-electron chi connectivity index (χ0n) is 14.8. The number of carbonyl (C=O) groups excluding carboxylic acids is 1. The highest BCUT2D eigenvalue weighted by molar-refractivity contribution is 6.44. The molecule has 0 spiro atoms. The number of anilines is 2. The Labute approximate surface area is 163 Å². The summed E-state index contributed by atoms with van der Waals surface area (Å²) in [4.78, 5) is 14.9. The average Bonchev–Trinajstić information content (AvgIpc) is 2.69. The third-order valence-corrected chi connectivity index (χ3v) is 3.86. The lowest BCUT2D eigenvalue weighted by Crippen LogP contribution is -2.23. The fraction of sp³-hybridized carbons (Fsp3) is 0.0500. The van der Waals surface area contributed by atoms with Crippen molar-refractivity contribution in [2.75, 3.05) is 5.32 Å². The number of alkyl halides is 3. The molecule has 0 bridgehead atoms. The zero-order chi connectivity index (χ0) is 21.0. The Hall–Kier alpha value is -3.88. The van der Waals surface area contributed by atoms with E-state index in [0.717, 1.165) is 12.1 Å². The van der Waals surface area contributed by atoms with E-state index in [1.807, 2.05) is 0 Å². The average molecular weight is 400 g/mol. The lowest BCUT2D eigenvalue weighted by atomic mass is 10.1. The van der Waals surface area contributed by atoms with Crippen molar-refractivity contribution in [3.05, 3.63) is 78.0 Å². The second kappa shape index (κ2) is 8.01. The molecule has 2 aromatic carbocycles. The van der Waals surface area contributed by atoms with Crippen molar-refractivity contribution in [1.29, 1.82) is 5.41 Å². The lowest BCUT2D eigenvalue weighted by molar-refractivity contribution is -0.137. The van der Waals surface area contributed by atoms with Crippen molar-refractivity contribution in [3.8, 4) is 11.6 Å². The number of amides is 1. The number of nitrogens with one attached hydrogen (secondary N) is 2. The monoisotopic (exact) mass is 400 g/mol. The molecule has 4 N–H and O–H groups in total. The Kier molecular flexibility index (Phi) is 5.49. The molecule has 3 rings (SSSR count). The van der Waals surface area contributed by atoms with E-state index in [1.165, 1.54) is 0 Å². The van der Waals surface area contributed by atoms with Crippen LogP contribution in [0, 0.1) is 5.41 Å². The Balaban J connectivity index is 1.72. The molecular formula is C20H15F3N4O2. The van der Waals surface area contributed by atoms with Gasteiger partial charge in [-0.15, -0.1) is 0 Å². The number of benzene rings is 2. The number of ether oxygens (including phenoxy) is 1. The molecule has 148 valence electrons. The van der Waals surface area contributed by atoms with Crippen LogP contribution in [0.2, 0.25) is 0 Å². The van der Waals surface area contributed by atoms with E-state index in [0.29, 0.717) is 28.9 Å². The molecule has 0 unspecified atom stereocenters. The number of primary amides is 1. The minimum atomic E-state index is -4.46. The fourth-order valence-corrected chi connectivity index (χ4v) is 2.43. The van der Waals surface area contributed by atoms with Gasteiger partial charge in [0.15, 0.2) is 0 Å². The molecule has 0 aliphatic carbocycles. The smallest absolute Gasteiger partial charge is 0.417 e. The van der Waals surface area contributed by atoms with E-state index in [-0.39, 0.29) is 11.6 Å². The highest BCUT2D eigenvalue weighted by atomic mass is 19.4. The summed E-state index contributed by atoms with van der Waals surface area (Å²) in [7, 11) is 0. The van der Waals surface area contributed by atoms with Crippen molar-refractivity contribution < 1.29 is 22.7 Å². The quantitative estimate of drug-likeness (QED) is 0.531. The third kappa shape index (κ3) is 4.89. The van der Waals surface area contributed by atoms with Gasteiger partial charge < -0.3 is 15.8 Å². The summed E-state index contributed by atoms with van der Waals surface area (Å²) in [5.41, 5.74) is 5.53. The van der Waals surface area contributed by atoms with E-state index in [4.69, 9.17) is 15.9 Å². The van der Waals surface area contributed by atoms with Crippen molar-refractivity contribution in [3.63, 3.8) is 0 Å². The molecule has 0 saturated heterocycles. The molecule has 6 nitrogen and oxygen atoms in total. The predicted molar refractivity (Wildman–Crippen MR) is 102 cm³/mol. The summed E-state index contributed by atoms with van der Waals surface area (Å²) in [5, 5.41) is 10.9. The molecule has 0 saturated carbocycles. The summed E-state index contributed by atoms with van der Waals surface area (Å²) in [6.07, 6.45) is -3.75. The fourth-order valence-electron chi connectivity index (χ4n) is 2.43. The van der Waals surface area contributed by atoms with E-state index in [1.54, 1.807) is 48.5 Å². The summed E-state index contributed by atoms with van der Waals surface area (Å²) < 4.78 is 43.1. The Morgan fingerprint density at radius 3 is 2.31 bits per heavy atom. The molecule has 0 fully saturated rings. The van der Waals surface area contributed by atoms with Gasteiger partial charge in [-0.05, 0) is 36.4 Å². The van der Waals surface area contributed by atoms with Crippen LogP contribution in [0.15, 0.2) is 66.9 Å². The van der Waals surface area contributed by atoms with Gasteiger partial charge in [0, 0.05) is 29.2 Å². The SMILES string of the molecule is N=C(C(N)=O)c1ccccc1Nc1ccc(Oc2ccc(C(F)(F)F)cn2)cc1. The van der Waals surface area contributed by atoms with Crippen molar-refractivity contribution in [2.24, 2.45) is 5.73 Å². The molecule has 3 aromatic rings. The van der Waals surface area contributed by atoms with Gasteiger partial charge >= 0.3 is 6.18 Å². The maximum absolute atomic E-state index is 12.6. The zero-order valence-corrected chi connectivity index (χ0v) is 14.8. The first-order valence-electron chi connectivity index (χ1n) is 8.30. The number of para-hydroxylation sites is 1. The normalized spacial score (nSPS) is 11.0. The van der Waals surface area contributed by atoms with Gasteiger partial charge in [0.05, 0.1) is 5.56 Å².